The van der Waals surface area contributed by atoms with Crippen LogP contribution in [-0.4, -0.2) is 0 Å². The summed E-state index contributed by atoms with van der Waals surface area (Å²) in [6.45, 7) is 4.20. The third-order valence-electron chi connectivity index (χ3n) is 1.87. The predicted molar refractivity (Wildman–Crippen MR) is 50.4 cm³/mol. The van der Waals surface area contributed by atoms with Gasteiger partial charge in [0.2, 0.25) is 0 Å². The van der Waals surface area contributed by atoms with Crippen LogP contribution in [0, 0.1) is 0 Å². The molecule has 0 aromatic rings. The maximum absolute atomic E-state index is 2.18. The van der Waals surface area contributed by atoms with Crippen LogP contribution in [0.3, 0.4) is 0 Å². The highest BCUT2D eigenvalue weighted by molar-refractivity contribution is 5.41. The van der Waals surface area contributed by atoms with Crippen LogP contribution in [0.2, 0.25) is 0 Å². The average Bonchev–Trinajstić information content (AvgIpc) is 2.30. The van der Waals surface area contributed by atoms with Gasteiger partial charge in [0.1, 0.15) is 0 Å². The zero-order valence-electron chi connectivity index (χ0n) is 7.17. The van der Waals surface area contributed by atoms with E-state index in [1.807, 2.05) is 0 Å². The molecule has 0 spiro atoms. The molecule has 0 fully saturated rings. The monoisotopic (exact) mass is 146 g/mol. The maximum Gasteiger partial charge on any atom is -0.0163 e. The van der Waals surface area contributed by atoms with Crippen molar-refractivity contribution in [1.29, 1.82) is 0 Å². The largest absolute Gasteiger partial charge is 0.0841 e. The summed E-state index contributed by atoms with van der Waals surface area (Å²) < 4.78 is 0. The van der Waals surface area contributed by atoms with Crippen molar-refractivity contribution < 1.29 is 0 Å². The van der Waals surface area contributed by atoms with Gasteiger partial charge >= 0.3 is 0 Å². The molecule has 0 aromatic carbocycles. The van der Waals surface area contributed by atoms with E-state index in [4.69, 9.17) is 0 Å². The summed E-state index contributed by atoms with van der Waals surface area (Å²) in [5, 5.41) is 0. The summed E-state index contributed by atoms with van der Waals surface area (Å²) in [5.41, 5.74) is 2.66. The van der Waals surface area contributed by atoms with Crippen molar-refractivity contribution in [3.8, 4) is 0 Å². The van der Waals surface area contributed by atoms with Gasteiger partial charge in [0, 0.05) is 0 Å². The summed E-state index contributed by atoms with van der Waals surface area (Å²) in [4.78, 5) is 0. The molecule has 0 aromatic heterocycles. The van der Waals surface area contributed by atoms with E-state index in [2.05, 4.69) is 50.3 Å². The van der Waals surface area contributed by atoms with Crippen LogP contribution in [0.1, 0.15) is 20.3 Å². The van der Waals surface area contributed by atoms with Crippen molar-refractivity contribution in [2.45, 2.75) is 20.3 Å². The Morgan fingerprint density at radius 1 is 1.45 bits per heavy atom. The Kier molecular flexibility index (Phi) is 2.91. The lowest BCUT2D eigenvalue weighted by Crippen LogP contribution is -1.78. The number of hydrogen-bond acceptors (Lipinski definition) is 0. The average molecular weight is 146 g/mol. The van der Waals surface area contributed by atoms with Crippen molar-refractivity contribution in [3.63, 3.8) is 0 Å². The van der Waals surface area contributed by atoms with E-state index in [-0.39, 0.29) is 0 Å². The highest BCUT2D eigenvalue weighted by Crippen LogP contribution is 2.13. The molecular weight excluding hydrogens is 132 g/mol. The number of rotatable bonds is 1. The molecule has 0 N–H and O–H groups in total. The topological polar surface area (TPSA) is 0 Å². The zero-order valence-corrected chi connectivity index (χ0v) is 7.17. The van der Waals surface area contributed by atoms with Gasteiger partial charge in [-0.25, -0.2) is 0 Å². The van der Waals surface area contributed by atoms with E-state index >= 15 is 0 Å². The van der Waals surface area contributed by atoms with Gasteiger partial charge < -0.3 is 0 Å². The first kappa shape index (κ1) is 8.06. The molecule has 11 heavy (non-hydrogen) atoms. The van der Waals surface area contributed by atoms with Gasteiger partial charge in [0.05, 0.1) is 0 Å². The smallest absolute Gasteiger partial charge is 0.0163 e. The van der Waals surface area contributed by atoms with E-state index in [1.165, 1.54) is 11.1 Å². The van der Waals surface area contributed by atoms with Crippen LogP contribution in [0.15, 0.2) is 47.6 Å². The number of allylic oxidation sites excluding steroid dienone is 8. The highest BCUT2D eigenvalue weighted by atomic mass is 14.0. The van der Waals surface area contributed by atoms with Gasteiger partial charge in [-0.05, 0) is 31.4 Å². The molecule has 1 rings (SSSR count). The second-order valence-corrected chi connectivity index (χ2v) is 2.66. The molecule has 0 heteroatoms. The van der Waals surface area contributed by atoms with Crippen molar-refractivity contribution in [2.24, 2.45) is 0 Å². The van der Waals surface area contributed by atoms with Crippen LogP contribution in [0.5, 0.6) is 0 Å². The minimum Gasteiger partial charge on any atom is -0.0841 e. The minimum atomic E-state index is 1.05. The molecule has 0 bridgehead atoms. The van der Waals surface area contributed by atoms with E-state index in [0.29, 0.717) is 0 Å². The van der Waals surface area contributed by atoms with Gasteiger partial charge in [0.15, 0.2) is 0 Å². The standard InChI is InChI=1S/C11H14/c1-3-10(2)11-8-6-4-5-7-9-11/h3-4,6-9H,5H2,1-2H3/b10-3+. The summed E-state index contributed by atoms with van der Waals surface area (Å²) >= 11 is 0. The van der Waals surface area contributed by atoms with Crippen molar-refractivity contribution in [2.75, 3.05) is 0 Å². The number of hydrogen-bond donors (Lipinski definition) is 0. The second kappa shape index (κ2) is 3.97. The van der Waals surface area contributed by atoms with Crippen molar-refractivity contribution in [3.05, 3.63) is 47.6 Å². The van der Waals surface area contributed by atoms with Gasteiger partial charge in [-0.3, -0.25) is 0 Å². The van der Waals surface area contributed by atoms with Gasteiger partial charge in [-0.2, -0.15) is 0 Å². The Balaban J connectivity index is 2.85. The molecule has 58 valence electrons. The first-order valence-corrected chi connectivity index (χ1v) is 4.01. The van der Waals surface area contributed by atoms with E-state index in [1.54, 1.807) is 0 Å². The van der Waals surface area contributed by atoms with Crippen molar-refractivity contribution in [1.82, 2.24) is 0 Å². The van der Waals surface area contributed by atoms with Crippen LogP contribution < -0.4 is 0 Å². The van der Waals surface area contributed by atoms with Gasteiger partial charge in [-0.1, -0.05) is 36.5 Å². The Morgan fingerprint density at radius 3 is 3.00 bits per heavy atom. The summed E-state index contributed by atoms with van der Waals surface area (Å²) in [6, 6.07) is 0. The Hall–Kier alpha value is -1.04. The second-order valence-electron chi connectivity index (χ2n) is 2.66. The van der Waals surface area contributed by atoms with Crippen molar-refractivity contribution >= 4 is 0 Å². The first-order chi connectivity index (χ1) is 5.34. The first-order valence-electron chi connectivity index (χ1n) is 4.01. The fourth-order valence-corrected chi connectivity index (χ4v) is 1.01. The zero-order chi connectivity index (χ0) is 8.10. The SMILES string of the molecule is C/C=C(\C)C1=CC=CCC=C1. The lowest BCUT2D eigenvalue weighted by Gasteiger charge is -1.98. The fraction of sp³-hybridized carbons (Fsp3) is 0.273. The van der Waals surface area contributed by atoms with Gasteiger partial charge in [-0.15, -0.1) is 0 Å². The molecule has 0 unspecified atom stereocenters. The van der Waals surface area contributed by atoms with Crippen LogP contribution in [0.25, 0.3) is 0 Å². The Morgan fingerprint density at radius 2 is 2.27 bits per heavy atom. The summed E-state index contributed by atoms with van der Waals surface area (Å²) in [6.07, 6.45) is 14.0. The van der Waals surface area contributed by atoms with Crippen LogP contribution in [-0.2, 0) is 0 Å². The third kappa shape index (κ3) is 2.23. The summed E-state index contributed by atoms with van der Waals surface area (Å²) in [5.74, 6) is 0. The van der Waals surface area contributed by atoms with Crippen LogP contribution >= 0.6 is 0 Å². The molecule has 0 saturated carbocycles. The minimum absolute atomic E-state index is 1.05. The van der Waals surface area contributed by atoms with E-state index in [0.717, 1.165) is 6.42 Å². The molecule has 1 aliphatic rings. The molecular formula is C11H14. The molecule has 0 atom stereocenters. The Bertz CT molecular complexity index is 237. The van der Waals surface area contributed by atoms with Crippen LogP contribution in [0.4, 0.5) is 0 Å². The van der Waals surface area contributed by atoms with E-state index in [9.17, 15) is 0 Å². The van der Waals surface area contributed by atoms with Gasteiger partial charge in [0.25, 0.3) is 0 Å². The molecule has 1 aliphatic carbocycles. The molecule has 0 radical (unpaired) electrons. The lowest BCUT2D eigenvalue weighted by molar-refractivity contribution is 1.37. The predicted octanol–water partition coefficient (Wildman–Crippen LogP) is 3.40. The third-order valence-corrected chi connectivity index (χ3v) is 1.87. The maximum atomic E-state index is 2.18. The lowest BCUT2D eigenvalue weighted by atomic mass is 10.1. The molecule has 0 aliphatic heterocycles. The molecule has 0 saturated heterocycles. The van der Waals surface area contributed by atoms with E-state index < -0.39 is 0 Å². The fourth-order valence-electron chi connectivity index (χ4n) is 1.01. The highest BCUT2D eigenvalue weighted by Gasteiger charge is 1.93. The normalized spacial score (nSPS) is 18.0. The summed E-state index contributed by atoms with van der Waals surface area (Å²) in [7, 11) is 0. The molecule has 0 heterocycles. The Labute approximate surface area is 68.6 Å². The quantitative estimate of drug-likeness (QED) is 0.532. The molecule has 0 amide bonds. The molecule has 0 nitrogen and oxygen atoms in total.